The average Bonchev–Trinajstić information content (AvgIpc) is 2.95. The first-order chi connectivity index (χ1) is 10.0. The number of hydrogen-bond donors (Lipinski definition) is 3. The van der Waals surface area contributed by atoms with Gasteiger partial charge in [-0.3, -0.25) is 4.57 Å². The van der Waals surface area contributed by atoms with Crippen LogP contribution in [0.25, 0.3) is 11.2 Å². The normalized spacial score (nSPS) is 28.9. The van der Waals surface area contributed by atoms with Crippen LogP contribution in [0.5, 0.6) is 0 Å². The molecule has 1 saturated heterocycles. The smallest absolute Gasteiger partial charge is 0.310 e. The highest BCUT2D eigenvalue weighted by molar-refractivity contribution is 5.73. The van der Waals surface area contributed by atoms with Crippen molar-refractivity contribution in [2.45, 2.75) is 24.4 Å². The average molecular weight is 293 g/mol. The summed E-state index contributed by atoms with van der Waals surface area (Å²) in [5.74, 6) is 2.27. The van der Waals surface area contributed by atoms with Gasteiger partial charge in [0.2, 0.25) is 5.95 Å². The highest BCUT2D eigenvalue weighted by atomic mass is 19.1. The molecule has 0 amide bonds. The predicted octanol–water partition coefficient (Wildman–Crippen LogP) is -0.808. The Morgan fingerprint density at radius 1 is 1.62 bits per heavy atom. The number of ether oxygens (including phenoxy) is 1. The van der Waals surface area contributed by atoms with Gasteiger partial charge in [-0.1, -0.05) is 5.92 Å². The SMILES string of the molecule is C#C[C@]1(CO)O[C@@H](n2c(N)nc3cnc(F)nc32)CC1O. The molecule has 110 valence electrons. The number of nitrogens with zero attached hydrogens (tertiary/aromatic N) is 4. The van der Waals surface area contributed by atoms with Crippen molar-refractivity contribution in [1.29, 1.82) is 0 Å². The monoisotopic (exact) mass is 293 g/mol. The minimum absolute atomic E-state index is 0.0212. The van der Waals surface area contributed by atoms with Gasteiger partial charge in [0.1, 0.15) is 17.8 Å². The number of aliphatic hydroxyl groups excluding tert-OH is 2. The molecule has 3 atom stereocenters. The number of aliphatic hydroxyl groups is 2. The third kappa shape index (κ3) is 1.92. The number of nitrogen functional groups attached to an aromatic ring is 1. The first-order valence-corrected chi connectivity index (χ1v) is 6.11. The van der Waals surface area contributed by atoms with Gasteiger partial charge >= 0.3 is 6.08 Å². The number of imidazole rings is 1. The first kappa shape index (κ1) is 13.7. The Hall–Kier alpha value is -2.28. The van der Waals surface area contributed by atoms with Crippen molar-refractivity contribution in [3.05, 3.63) is 12.3 Å². The van der Waals surface area contributed by atoms with E-state index in [0.29, 0.717) is 0 Å². The summed E-state index contributed by atoms with van der Waals surface area (Å²) in [4.78, 5) is 11.0. The van der Waals surface area contributed by atoms with Gasteiger partial charge in [0.15, 0.2) is 11.2 Å². The standard InChI is InChI=1S/C12H12FN5O3/c1-2-12(5-19)7(20)3-8(21-12)18-9-6(16-11(18)14)4-15-10(13)17-9/h1,4,7-8,19-20H,3,5H2,(H2,14,16)/t7?,8-,12-/m1/s1. The maximum Gasteiger partial charge on any atom is 0.310 e. The summed E-state index contributed by atoms with van der Waals surface area (Å²) in [6.45, 7) is -0.558. The summed E-state index contributed by atoms with van der Waals surface area (Å²) in [6, 6.07) is 0. The van der Waals surface area contributed by atoms with Crippen molar-refractivity contribution < 1.29 is 19.3 Å². The molecular weight excluding hydrogens is 281 g/mol. The molecule has 1 aliphatic heterocycles. The molecule has 0 spiro atoms. The molecule has 2 aromatic rings. The van der Waals surface area contributed by atoms with Crippen LogP contribution in [0.2, 0.25) is 0 Å². The van der Waals surface area contributed by atoms with Crippen molar-refractivity contribution in [3.8, 4) is 12.3 Å². The van der Waals surface area contributed by atoms with Gasteiger partial charge in [0.05, 0.1) is 12.8 Å². The zero-order valence-corrected chi connectivity index (χ0v) is 10.8. The second kappa shape index (κ2) is 4.63. The number of terminal acetylenes is 1. The van der Waals surface area contributed by atoms with Crippen LogP contribution in [0.4, 0.5) is 10.3 Å². The van der Waals surface area contributed by atoms with Gasteiger partial charge in [-0.05, 0) is 0 Å². The van der Waals surface area contributed by atoms with Crippen LogP contribution in [0, 0.1) is 18.4 Å². The van der Waals surface area contributed by atoms with E-state index in [0.717, 1.165) is 0 Å². The lowest BCUT2D eigenvalue weighted by atomic mass is 9.99. The minimum atomic E-state index is -1.53. The Morgan fingerprint density at radius 3 is 3.00 bits per heavy atom. The molecule has 3 rings (SSSR count). The van der Waals surface area contributed by atoms with Crippen LogP contribution in [-0.4, -0.2) is 48.0 Å². The summed E-state index contributed by atoms with van der Waals surface area (Å²) >= 11 is 0. The number of rotatable bonds is 2. The van der Waals surface area contributed by atoms with Gasteiger partial charge < -0.3 is 20.7 Å². The highest BCUT2D eigenvalue weighted by Crippen LogP contribution is 2.38. The molecule has 1 unspecified atom stereocenters. The minimum Gasteiger partial charge on any atom is -0.392 e. The molecule has 3 heterocycles. The first-order valence-electron chi connectivity index (χ1n) is 6.11. The summed E-state index contributed by atoms with van der Waals surface area (Å²) in [6.07, 6.45) is 3.72. The van der Waals surface area contributed by atoms with E-state index in [4.69, 9.17) is 16.9 Å². The molecule has 1 fully saturated rings. The summed E-state index contributed by atoms with van der Waals surface area (Å²) in [5, 5.41) is 19.4. The molecule has 0 aliphatic carbocycles. The van der Waals surface area contributed by atoms with Gasteiger partial charge in [-0.2, -0.15) is 9.37 Å². The van der Waals surface area contributed by atoms with E-state index in [-0.39, 0.29) is 23.5 Å². The Bertz CT molecular complexity index is 742. The van der Waals surface area contributed by atoms with Crippen LogP contribution in [0.1, 0.15) is 12.6 Å². The molecule has 2 aromatic heterocycles. The fourth-order valence-electron chi connectivity index (χ4n) is 2.40. The van der Waals surface area contributed by atoms with Crippen LogP contribution < -0.4 is 5.73 Å². The lowest BCUT2D eigenvalue weighted by molar-refractivity contribution is -0.0886. The fraction of sp³-hybridized carbons (Fsp3) is 0.417. The molecule has 8 nitrogen and oxygen atoms in total. The molecular formula is C12H12FN5O3. The summed E-state index contributed by atoms with van der Waals surface area (Å²) in [5.41, 5.74) is 4.67. The van der Waals surface area contributed by atoms with E-state index >= 15 is 0 Å². The number of fused-ring (bicyclic) bond motifs is 1. The van der Waals surface area contributed by atoms with Crippen molar-refractivity contribution in [1.82, 2.24) is 19.5 Å². The number of anilines is 1. The second-order valence-corrected chi connectivity index (χ2v) is 4.70. The molecule has 4 N–H and O–H groups in total. The van der Waals surface area contributed by atoms with Crippen LogP contribution in [0.3, 0.4) is 0 Å². The van der Waals surface area contributed by atoms with E-state index in [9.17, 15) is 14.6 Å². The topological polar surface area (TPSA) is 119 Å². The van der Waals surface area contributed by atoms with E-state index in [2.05, 4.69) is 20.9 Å². The number of halogens is 1. The largest absolute Gasteiger partial charge is 0.392 e. The van der Waals surface area contributed by atoms with Crippen molar-refractivity contribution in [2.75, 3.05) is 12.3 Å². The molecule has 9 heteroatoms. The molecule has 0 aromatic carbocycles. The fourth-order valence-corrected chi connectivity index (χ4v) is 2.40. The Balaban J connectivity index is 2.08. The van der Waals surface area contributed by atoms with E-state index in [1.54, 1.807) is 0 Å². The Morgan fingerprint density at radius 2 is 2.38 bits per heavy atom. The van der Waals surface area contributed by atoms with Crippen LogP contribution in [-0.2, 0) is 4.74 Å². The van der Waals surface area contributed by atoms with E-state index in [1.165, 1.54) is 10.8 Å². The van der Waals surface area contributed by atoms with E-state index in [1.807, 2.05) is 0 Å². The van der Waals surface area contributed by atoms with Crippen LogP contribution in [0.15, 0.2) is 6.20 Å². The zero-order chi connectivity index (χ0) is 15.2. The second-order valence-electron chi connectivity index (χ2n) is 4.70. The third-order valence-electron chi connectivity index (χ3n) is 3.51. The van der Waals surface area contributed by atoms with Gasteiger partial charge in [-0.15, -0.1) is 6.42 Å². The maximum atomic E-state index is 13.2. The van der Waals surface area contributed by atoms with Crippen molar-refractivity contribution in [3.63, 3.8) is 0 Å². The van der Waals surface area contributed by atoms with Crippen LogP contribution >= 0.6 is 0 Å². The molecule has 0 saturated carbocycles. The molecule has 0 radical (unpaired) electrons. The van der Waals surface area contributed by atoms with Crippen molar-refractivity contribution in [2.24, 2.45) is 0 Å². The number of aromatic nitrogens is 4. The van der Waals surface area contributed by atoms with Gasteiger partial charge in [-0.25, -0.2) is 9.97 Å². The molecule has 0 bridgehead atoms. The Labute approximate surface area is 118 Å². The molecule has 21 heavy (non-hydrogen) atoms. The zero-order valence-electron chi connectivity index (χ0n) is 10.8. The third-order valence-corrected chi connectivity index (χ3v) is 3.51. The Kier molecular flexibility index (Phi) is 3.02. The summed E-state index contributed by atoms with van der Waals surface area (Å²) in [7, 11) is 0. The molecule has 1 aliphatic rings. The lowest BCUT2D eigenvalue weighted by Crippen LogP contribution is -2.41. The summed E-state index contributed by atoms with van der Waals surface area (Å²) < 4.78 is 20.1. The quantitative estimate of drug-likeness (QED) is 0.489. The van der Waals surface area contributed by atoms with Gasteiger partial charge in [0.25, 0.3) is 0 Å². The number of nitrogens with two attached hydrogens (primary N) is 1. The predicted molar refractivity (Wildman–Crippen MR) is 69.1 cm³/mol. The lowest BCUT2D eigenvalue weighted by Gasteiger charge is -2.24. The van der Waals surface area contributed by atoms with E-state index < -0.39 is 30.6 Å². The number of hydrogen-bond acceptors (Lipinski definition) is 7. The highest BCUT2D eigenvalue weighted by Gasteiger charge is 2.48. The van der Waals surface area contributed by atoms with Gasteiger partial charge in [0, 0.05) is 6.42 Å². The maximum absolute atomic E-state index is 13.2. The van der Waals surface area contributed by atoms with Crippen molar-refractivity contribution >= 4 is 17.1 Å².